The van der Waals surface area contributed by atoms with Gasteiger partial charge in [0.25, 0.3) is 0 Å². The van der Waals surface area contributed by atoms with Gasteiger partial charge in [0.2, 0.25) is 5.91 Å². The molecule has 3 N–H and O–H groups in total. The fourth-order valence-electron chi connectivity index (χ4n) is 2.48. The van der Waals surface area contributed by atoms with Crippen LogP contribution < -0.4 is 20.9 Å². The fraction of sp³-hybridized carbons (Fsp3) is 0.176. The molecule has 0 bridgehead atoms. The number of ether oxygens (including phenoxy) is 1. The van der Waals surface area contributed by atoms with Gasteiger partial charge in [-0.1, -0.05) is 29.3 Å². The lowest BCUT2D eigenvalue weighted by atomic mass is 9.96. The van der Waals surface area contributed by atoms with Gasteiger partial charge in [0.15, 0.2) is 5.11 Å². The van der Waals surface area contributed by atoms with Crippen LogP contribution in [-0.4, -0.2) is 17.6 Å². The first-order valence-electron chi connectivity index (χ1n) is 7.55. The van der Waals surface area contributed by atoms with E-state index in [0.29, 0.717) is 23.1 Å². The van der Waals surface area contributed by atoms with Gasteiger partial charge in [-0.25, -0.2) is 0 Å². The molecule has 0 saturated carbocycles. The Labute approximate surface area is 160 Å². The van der Waals surface area contributed by atoms with Crippen LogP contribution in [0.3, 0.4) is 0 Å². The van der Waals surface area contributed by atoms with E-state index < -0.39 is 0 Å². The van der Waals surface area contributed by atoms with Crippen LogP contribution in [0.4, 0.5) is 5.69 Å². The van der Waals surface area contributed by atoms with Crippen molar-refractivity contribution in [3.05, 3.63) is 58.1 Å². The molecule has 130 valence electrons. The highest BCUT2D eigenvalue weighted by atomic mass is 35.5. The van der Waals surface area contributed by atoms with E-state index in [2.05, 4.69) is 16.2 Å². The van der Waals surface area contributed by atoms with Gasteiger partial charge < -0.3 is 10.1 Å². The summed E-state index contributed by atoms with van der Waals surface area (Å²) < 4.78 is 5.62. The third-order valence-electron chi connectivity index (χ3n) is 3.68. The lowest BCUT2D eigenvalue weighted by molar-refractivity contribution is -0.126. The number of hydrazine groups is 1. The molecular formula is C17H15Cl2N3O2S. The Hall–Kier alpha value is -2.02. The summed E-state index contributed by atoms with van der Waals surface area (Å²) in [6.07, 6.45) is 0.553. The Morgan fingerprint density at radius 2 is 1.92 bits per heavy atom. The molecule has 1 atom stereocenters. The minimum absolute atomic E-state index is 0.208. The highest BCUT2D eigenvalue weighted by Gasteiger charge is 2.26. The molecule has 5 nitrogen and oxygen atoms in total. The second-order valence-electron chi connectivity index (χ2n) is 5.54. The molecule has 2 aromatic carbocycles. The maximum Gasteiger partial charge on any atom is 0.245 e. The second-order valence-corrected chi connectivity index (χ2v) is 6.82. The summed E-state index contributed by atoms with van der Waals surface area (Å²) in [5.74, 6) is 0.229. The maximum atomic E-state index is 12.3. The van der Waals surface area contributed by atoms with Crippen molar-refractivity contribution < 1.29 is 9.53 Å². The molecule has 2 aromatic rings. The van der Waals surface area contributed by atoms with Crippen molar-refractivity contribution in [2.75, 3.05) is 11.9 Å². The van der Waals surface area contributed by atoms with Crippen molar-refractivity contribution in [1.82, 2.24) is 10.9 Å². The third kappa shape index (κ3) is 4.75. The molecule has 1 aliphatic rings. The largest absolute Gasteiger partial charge is 0.492 e. The topological polar surface area (TPSA) is 62.4 Å². The zero-order chi connectivity index (χ0) is 17.8. The number of amides is 1. The summed E-state index contributed by atoms with van der Waals surface area (Å²) in [7, 11) is 0. The van der Waals surface area contributed by atoms with Crippen LogP contribution in [0.15, 0.2) is 42.5 Å². The van der Waals surface area contributed by atoms with Crippen LogP contribution in [0.2, 0.25) is 10.0 Å². The summed E-state index contributed by atoms with van der Waals surface area (Å²) in [5, 5.41) is 4.41. The Morgan fingerprint density at radius 3 is 2.72 bits per heavy atom. The van der Waals surface area contributed by atoms with Crippen LogP contribution in [0.5, 0.6) is 5.75 Å². The zero-order valence-electron chi connectivity index (χ0n) is 13.0. The molecule has 8 heteroatoms. The number of hydrogen-bond donors (Lipinski definition) is 3. The van der Waals surface area contributed by atoms with Crippen molar-refractivity contribution in [2.24, 2.45) is 5.92 Å². The highest BCUT2D eigenvalue weighted by molar-refractivity contribution is 7.80. The van der Waals surface area contributed by atoms with E-state index in [0.717, 1.165) is 17.0 Å². The maximum absolute atomic E-state index is 12.3. The van der Waals surface area contributed by atoms with Gasteiger partial charge in [-0.05, 0) is 60.6 Å². The molecule has 0 spiro atoms. The number of halogens is 2. The summed E-state index contributed by atoms with van der Waals surface area (Å²) >= 11 is 17.1. The first kappa shape index (κ1) is 17.8. The molecule has 1 heterocycles. The monoisotopic (exact) mass is 395 g/mol. The molecule has 25 heavy (non-hydrogen) atoms. The zero-order valence-corrected chi connectivity index (χ0v) is 15.3. The molecule has 1 aliphatic heterocycles. The molecule has 1 amide bonds. The van der Waals surface area contributed by atoms with E-state index in [4.69, 9.17) is 40.2 Å². The molecule has 0 aliphatic carbocycles. The third-order valence-corrected chi connectivity index (χ3v) is 4.36. The minimum atomic E-state index is -0.326. The van der Waals surface area contributed by atoms with Crippen LogP contribution >= 0.6 is 35.4 Å². The van der Waals surface area contributed by atoms with Gasteiger partial charge in [0.1, 0.15) is 12.4 Å². The molecule has 0 fully saturated rings. The molecule has 0 unspecified atom stereocenters. The van der Waals surface area contributed by atoms with Gasteiger partial charge in [-0.2, -0.15) is 0 Å². The van der Waals surface area contributed by atoms with Gasteiger partial charge in [0, 0.05) is 15.7 Å². The average molecular weight is 396 g/mol. The summed E-state index contributed by atoms with van der Waals surface area (Å²) in [6.45, 7) is 0.302. The molecule has 0 aromatic heterocycles. The van der Waals surface area contributed by atoms with E-state index in [-0.39, 0.29) is 16.9 Å². The standard InChI is InChI=1S/C17H15Cl2N3O2S/c18-12-2-1-3-14(8-12)20-17(25)22-21-16(23)11-6-10-7-13(19)4-5-15(10)24-9-11/h1-5,7-8,11H,6,9H2,(H,21,23)(H2,20,22,25)/t11-/m1/s1. The smallest absolute Gasteiger partial charge is 0.245 e. The van der Waals surface area contributed by atoms with Gasteiger partial charge in [-0.3, -0.25) is 15.6 Å². The number of carbonyl (C=O) groups is 1. The van der Waals surface area contributed by atoms with Crippen LogP contribution in [-0.2, 0) is 11.2 Å². The van der Waals surface area contributed by atoms with Crippen LogP contribution in [0, 0.1) is 5.92 Å². The first-order chi connectivity index (χ1) is 12.0. The molecular weight excluding hydrogens is 381 g/mol. The van der Waals surface area contributed by atoms with Crippen molar-refractivity contribution in [2.45, 2.75) is 6.42 Å². The van der Waals surface area contributed by atoms with Crippen molar-refractivity contribution in [3.8, 4) is 5.75 Å². The predicted molar refractivity (Wildman–Crippen MR) is 103 cm³/mol. The summed E-state index contributed by atoms with van der Waals surface area (Å²) in [4.78, 5) is 12.3. The summed E-state index contributed by atoms with van der Waals surface area (Å²) in [5.41, 5.74) is 6.91. The number of carbonyl (C=O) groups excluding carboxylic acids is 1. The van der Waals surface area contributed by atoms with E-state index in [1.54, 1.807) is 24.3 Å². The molecule has 0 radical (unpaired) electrons. The number of anilines is 1. The van der Waals surface area contributed by atoms with Gasteiger partial charge in [-0.15, -0.1) is 0 Å². The van der Waals surface area contributed by atoms with Crippen molar-refractivity contribution >= 4 is 52.1 Å². The first-order valence-corrected chi connectivity index (χ1v) is 8.71. The van der Waals surface area contributed by atoms with Crippen LogP contribution in [0.25, 0.3) is 0 Å². The number of fused-ring (bicyclic) bond motifs is 1. The lowest BCUT2D eigenvalue weighted by Gasteiger charge is -2.25. The molecule has 3 rings (SSSR count). The van der Waals surface area contributed by atoms with Crippen molar-refractivity contribution in [3.63, 3.8) is 0 Å². The number of benzene rings is 2. The van der Waals surface area contributed by atoms with E-state index in [1.807, 2.05) is 18.2 Å². The number of thiocarbonyl (C=S) groups is 1. The Bertz CT molecular complexity index is 816. The van der Waals surface area contributed by atoms with Gasteiger partial charge in [0.05, 0.1) is 5.92 Å². The second kappa shape index (κ2) is 7.91. The Morgan fingerprint density at radius 1 is 1.12 bits per heavy atom. The normalized spacial score (nSPS) is 15.5. The minimum Gasteiger partial charge on any atom is -0.492 e. The highest BCUT2D eigenvalue weighted by Crippen LogP contribution is 2.29. The number of hydrogen-bond acceptors (Lipinski definition) is 3. The van der Waals surface area contributed by atoms with Crippen LogP contribution in [0.1, 0.15) is 5.56 Å². The van der Waals surface area contributed by atoms with E-state index >= 15 is 0 Å². The van der Waals surface area contributed by atoms with E-state index in [9.17, 15) is 4.79 Å². The fourth-order valence-corrected chi connectivity index (χ4v) is 3.03. The van der Waals surface area contributed by atoms with Crippen molar-refractivity contribution in [1.29, 1.82) is 0 Å². The Balaban J connectivity index is 1.52. The quantitative estimate of drug-likeness (QED) is 0.535. The predicted octanol–water partition coefficient (Wildman–Crippen LogP) is 3.56. The lowest BCUT2D eigenvalue weighted by Crippen LogP contribution is -2.48. The van der Waals surface area contributed by atoms with E-state index in [1.165, 1.54) is 0 Å². The van der Waals surface area contributed by atoms with Gasteiger partial charge >= 0.3 is 0 Å². The summed E-state index contributed by atoms with van der Waals surface area (Å²) in [6, 6.07) is 12.5. The Kier molecular flexibility index (Phi) is 5.63. The number of rotatable bonds is 2. The average Bonchev–Trinajstić information content (AvgIpc) is 2.59. The number of nitrogens with one attached hydrogen (secondary N) is 3. The molecule has 0 saturated heterocycles. The SMILES string of the molecule is O=C(NNC(=S)Nc1cccc(Cl)c1)[C@H]1COc2ccc(Cl)cc2C1.